The quantitative estimate of drug-likeness (QED) is 0.447. The molecule has 1 aliphatic rings. The van der Waals surface area contributed by atoms with Crippen LogP contribution in [0, 0.1) is 5.92 Å². The first kappa shape index (κ1) is 7.24. The first-order valence-corrected chi connectivity index (χ1v) is 4.33. The van der Waals surface area contributed by atoms with E-state index in [0.717, 1.165) is 11.7 Å². The van der Waals surface area contributed by atoms with E-state index in [1.54, 1.807) is 0 Å². The van der Waals surface area contributed by atoms with Gasteiger partial charge in [-0.1, -0.05) is 37.8 Å². The average molecular weight is 122 g/mol. The summed E-state index contributed by atoms with van der Waals surface area (Å²) >= 11 is 0. The van der Waals surface area contributed by atoms with Gasteiger partial charge in [0, 0.05) is 0 Å². The van der Waals surface area contributed by atoms with Crippen LogP contribution in [0.2, 0.25) is 12.1 Å². The number of rotatable bonds is 1. The maximum absolute atomic E-state index is 2.39. The van der Waals surface area contributed by atoms with Crippen LogP contribution >= 0.6 is 0 Å². The summed E-state index contributed by atoms with van der Waals surface area (Å²) in [6.07, 6.45) is 7.37. The van der Waals surface area contributed by atoms with E-state index < -0.39 is 0 Å². The fourth-order valence-corrected chi connectivity index (χ4v) is 1.93. The van der Waals surface area contributed by atoms with Crippen molar-refractivity contribution in [3.05, 3.63) is 0 Å². The maximum atomic E-state index is 2.39. The monoisotopic (exact) mass is 122 g/mol. The molecule has 1 aliphatic carbocycles. The van der Waals surface area contributed by atoms with Crippen LogP contribution in [0.3, 0.4) is 0 Å². The van der Waals surface area contributed by atoms with Crippen molar-refractivity contribution in [3.63, 3.8) is 0 Å². The standard InChI is InChI=1S/C7H16B2/c8-5-6-2-1-3-7(9)4-6/h6-7H,1-5,8-9H2. The Bertz CT molecular complexity index is 83.0. The molecule has 0 aromatic rings. The first-order valence-electron chi connectivity index (χ1n) is 4.33. The highest BCUT2D eigenvalue weighted by Gasteiger charge is 2.16. The minimum atomic E-state index is 1.02. The summed E-state index contributed by atoms with van der Waals surface area (Å²) in [6, 6.07) is 0. The van der Waals surface area contributed by atoms with Gasteiger partial charge in [0.05, 0.1) is 0 Å². The minimum Gasteiger partial charge on any atom is -0.0783 e. The second-order valence-electron chi connectivity index (χ2n) is 3.55. The lowest BCUT2D eigenvalue weighted by Crippen LogP contribution is -2.10. The molecule has 0 nitrogen and oxygen atoms in total. The molecule has 2 unspecified atom stereocenters. The fraction of sp³-hybridized carbons (Fsp3) is 1.00. The predicted molar refractivity (Wildman–Crippen MR) is 47.6 cm³/mol. The Morgan fingerprint density at radius 3 is 2.56 bits per heavy atom. The third-order valence-corrected chi connectivity index (χ3v) is 2.62. The second kappa shape index (κ2) is 3.34. The zero-order chi connectivity index (χ0) is 6.69. The molecule has 0 aromatic heterocycles. The van der Waals surface area contributed by atoms with Crippen LogP contribution in [-0.2, 0) is 0 Å². The lowest BCUT2D eigenvalue weighted by Gasteiger charge is -2.25. The summed E-state index contributed by atoms with van der Waals surface area (Å²) in [5, 5.41) is 0. The van der Waals surface area contributed by atoms with E-state index in [1.165, 1.54) is 32.0 Å². The van der Waals surface area contributed by atoms with E-state index in [4.69, 9.17) is 0 Å². The molecule has 0 spiro atoms. The molecular formula is C7H16B2. The van der Waals surface area contributed by atoms with E-state index in [2.05, 4.69) is 15.7 Å². The Morgan fingerprint density at radius 1 is 1.33 bits per heavy atom. The van der Waals surface area contributed by atoms with E-state index in [9.17, 15) is 0 Å². The lowest BCUT2D eigenvalue weighted by molar-refractivity contribution is 0.386. The normalized spacial score (nSPS) is 36.4. The zero-order valence-corrected chi connectivity index (χ0v) is 6.69. The summed E-state index contributed by atoms with van der Waals surface area (Å²) in [6.45, 7) is 0. The summed E-state index contributed by atoms with van der Waals surface area (Å²) in [5.74, 6) is 2.08. The predicted octanol–water partition coefficient (Wildman–Crippen LogP) is 0.650. The van der Waals surface area contributed by atoms with Gasteiger partial charge in [-0.05, 0) is 5.92 Å². The van der Waals surface area contributed by atoms with Gasteiger partial charge in [-0.25, -0.2) is 0 Å². The van der Waals surface area contributed by atoms with Crippen LogP contribution in [0.5, 0.6) is 0 Å². The molecule has 0 saturated heterocycles. The van der Waals surface area contributed by atoms with Gasteiger partial charge in [0.15, 0.2) is 0 Å². The van der Waals surface area contributed by atoms with Crippen LogP contribution < -0.4 is 0 Å². The van der Waals surface area contributed by atoms with Crippen molar-refractivity contribution in [2.75, 3.05) is 0 Å². The molecule has 0 aromatic carbocycles. The molecule has 0 radical (unpaired) electrons. The molecule has 1 fully saturated rings. The third kappa shape index (κ3) is 2.08. The smallest absolute Gasteiger partial charge is 0.0783 e. The maximum Gasteiger partial charge on any atom is 0.105 e. The second-order valence-corrected chi connectivity index (χ2v) is 3.55. The molecule has 0 aliphatic heterocycles. The Kier molecular flexibility index (Phi) is 2.68. The molecular weight excluding hydrogens is 106 g/mol. The third-order valence-electron chi connectivity index (χ3n) is 2.62. The van der Waals surface area contributed by atoms with E-state index >= 15 is 0 Å². The van der Waals surface area contributed by atoms with Crippen molar-refractivity contribution in [1.82, 2.24) is 0 Å². The molecule has 9 heavy (non-hydrogen) atoms. The van der Waals surface area contributed by atoms with Gasteiger partial charge in [-0.3, -0.25) is 0 Å². The topological polar surface area (TPSA) is 0 Å². The average Bonchev–Trinajstić information content (AvgIpc) is 1.88. The fourth-order valence-electron chi connectivity index (χ4n) is 1.93. The van der Waals surface area contributed by atoms with Crippen LogP contribution in [0.25, 0.3) is 0 Å². The first-order chi connectivity index (χ1) is 4.33. The molecule has 1 rings (SSSR count). The van der Waals surface area contributed by atoms with Crippen molar-refractivity contribution in [3.8, 4) is 0 Å². The van der Waals surface area contributed by atoms with Crippen LogP contribution in [0.15, 0.2) is 0 Å². The van der Waals surface area contributed by atoms with Gasteiger partial charge in [0.2, 0.25) is 0 Å². The molecule has 1 saturated carbocycles. The lowest BCUT2D eigenvalue weighted by atomic mass is 9.68. The van der Waals surface area contributed by atoms with Crippen molar-refractivity contribution >= 4 is 15.7 Å². The molecule has 2 heteroatoms. The van der Waals surface area contributed by atoms with Gasteiger partial charge < -0.3 is 0 Å². The van der Waals surface area contributed by atoms with Crippen LogP contribution in [0.1, 0.15) is 25.7 Å². The Hall–Kier alpha value is 0.130. The Labute approximate surface area is 60.2 Å². The summed E-state index contributed by atoms with van der Waals surface area (Å²) in [7, 11) is 4.71. The van der Waals surface area contributed by atoms with Gasteiger partial charge >= 0.3 is 0 Å². The van der Waals surface area contributed by atoms with Crippen LogP contribution in [0.4, 0.5) is 0 Å². The van der Waals surface area contributed by atoms with Crippen molar-refractivity contribution in [2.45, 2.75) is 37.8 Å². The van der Waals surface area contributed by atoms with E-state index in [0.29, 0.717) is 0 Å². The van der Waals surface area contributed by atoms with Crippen molar-refractivity contribution in [2.24, 2.45) is 5.92 Å². The van der Waals surface area contributed by atoms with E-state index in [-0.39, 0.29) is 0 Å². The highest BCUT2D eigenvalue weighted by atomic mass is 14.2. The Morgan fingerprint density at radius 2 is 2.11 bits per heavy atom. The van der Waals surface area contributed by atoms with E-state index in [1.807, 2.05) is 0 Å². The summed E-state index contributed by atoms with van der Waals surface area (Å²) in [4.78, 5) is 0. The Balaban J connectivity index is 2.23. The van der Waals surface area contributed by atoms with Gasteiger partial charge in [0.25, 0.3) is 0 Å². The molecule has 0 heterocycles. The highest BCUT2D eigenvalue weighted by molar-refractivity contribution is 6.12. The summed E-state index contributed by atoms with van der Waals surface area (Å²) < 4.78 is 0. The van der Waals surface area contributed by atoms with Crippen molar-refractivity contribution < 1.29 is 0 Å². The molecule has 0 amide bonds. The summed E-state index contributed by atoms with van der Waals surface area (Å²) in [5.41, 5.74) is 0. The number of hydrogen-bond acceptors (Lipinski definition) is 0. The molecule has 50 valence electrons. The largest absolute Gasteiger partial charge is 0.105 e. The molecule has 2 atom stereocenters. The number of hydrogen-bond donors (Lipinski definition) is 0. The van der Waals surface area contributed by atoms with Crippen molar-refractivity contribution in [1.29, 1.82) is 0 Å². The zero-order valence-electron chi connectivity index (χ0n) is 6.69. The van der Waals surface area contributed by atoms with Gasteiger partial charge in [-0.15, -0.1) is 0 Å². The highest BCUT2D eigenvalue weighted by Crippen LogP contribution is 2.32. The molecule has 0 bridgehead atoms. The van der Waals surface area contributed by atoms with Crippen LogP contribution in [-0.4, -0.2) is 15.7 Å². The van der Waals surface area contributed by atoms with Gasteiger partial charge in [-0.2, -0.15) is 0 Å². The SMILES string of the molecule is BCC1CCCC(B)C1. The molecule has 0 N–H and O–H groups in total. The minimum absolute atomic E-state index is 1.02. The van der Waals surface area contributed by atoms with Gasteiger partial charge in [0.1, 0.15) is 15.7 Å².